The fourth-order valence-corrected chi connectivity index (χ4v) is 8.17. The molecule has 65 heavy (non-hydrogen) atoms. The summed E-state index contributed by atoms with van der Waals surface area (Å²) in [4.78, 5) is 13.1. The number of hydrogen-bond acceptors (Lipinski definition) is 10. The first-order chi connectivity index (χ1) is 31.7. The number of nitrogens with one attached hydrogen (secondary N) is 1. The van der Waals surface area contributed by atoms with Gasteiger partial charge in [0.15, 0.2) is 6.29 Å². The molecular weight excluding hydrogens is 823 g/mol. The minimum Gasteiger partial charge on any atom is -0.394 e. The predicted molar refractivity (Wildman–Crippen MR) is 265 cm³/mol. The molecule has 380 valence electrons. The summed E-state index contributed by atoms with van der Waals surface area (Å²) in [5, 5.41) is 75.9. The second kappa shape index (κ2) is 43.4. The van der Waals surface area contributed by atoms with Crippen molar-refractivity contribution in [3.8, 4) is 0 Å². The fourth-order valence-electron chi connectivity index (χ4n) is 8.17. The minimum absolute atomic E-state index is 0.234. The molecule has 1 heterocycles. The molecule has 11 nitrogen and oxygen atoms in total. The SMILES string of the molecule is CCCCCCCCCC/C=C/CC/C=C/CC/C=C/CCCC(O)C(O)C(COC1OC(CO)C(O)C(O)C1O)NC(=O)C(O)CCCCCC/C=C\CCCCCCCCCCC. The monoisotopic (exact) mass is 922 g/mol. The quantitative estimate of drug-likeness (QED) is 0.0216. The van der Waals surface area contributed by atoms with Crippen LogP contribution in [0.1, 0.15) is 219 Å². The zero-order valence-corrected chi connectivity index (χ0v) is 41.2. The lowest BCUT2D eigenvalue weighted by Crippen LogP contribution is -2.60. The maximum atomic E-state index is 13.1. The van der Waals surface area contributed by atoms with Gasteiger partial charge in [0, 0.05) is 0 Å². The number of allylic oxidation sites excluding steroid dienone is 8. The maximum Gasteiger partial charge on any atom is 0.249 e. The molecule has 0 aromatic heterocycles. The van der Waals surface area contributed by atoms with Crippen molar-refractivity contribution in [1.82, 2.24) is 5.32 Å². The smallest absolute Gasteiger partial charge is 0.249 e. The summed E-state index contributed by atoms with van der Waals surface area (Å²) >= 11 is 0. The van der Waals surface area contributed by atoms with E-state index in [2.05, 4.69) is 67.8 Å². The summed E-state index contributed by atoms with van der Waals surface area (Å²) in [6.45, 7) is 3.42. The van der Waals surface area contributed by atoms with Crippen LogP contribution in [0.2, 0.25) is 0 Å². The molecule has 1 fully saturated rings. The third-order valence-electron chi connectivity index (χ3n) is 12.6. The van der Waals surface area contributed by atoms with Crippen LogP contribution in [0.5, 0.6) is 0 Å². The number of aliphatic hydroxyl groups is 7. The molecular formula is C54H99NO10. The van der Waals surface area contributed by atoms with E-state index < -0.39 is 74.2 Å². The van der Waals surface area contributed by atoms with Crippen LogP contribution in [0.15, 0.2) is 48.6 Å². The summed E-state index contributed by atoms with van der Waals surface area (Å²) < 4.78 is 11.1. The Morgan fingerprint density at radius 3 is 1.37 bits per heavy atom. The Balaban J connectivity index is 2.43. The van der Waals surface area contributed by atoms with Gasteiger partial charge in [0.25, 0.3) is 0 Å². The third kappa shape index (κ3) is 32.5. The second-order valence-corrected chi connectivity index (χ2v) is 18.6. The lowest BCUT2D eigenvalue weighted by molar-refractivity contribution is -0.303. The number of carbonyl (C=O) groups excluding carboxylic acids is 1. The van der Waals surface area contributed by atoms with E-state index in [0.717, 1.165) is 57.8 Å². The standard InChI is InChI=1S/C54H99NO10/c1-3-5-7-9-11-13-15-17-19-21-22-23-24-26-27-29-31-33-35-37-39-41-46(57)49(59)45(44-64-54-52(62)51(61)50(60)48(43-56)65-54)55-53(63)47(58)42-40-38-36-34-32-30-28-25-20-18-16-14-12-10-8-6-4-2/h21-22,26-28,30,33,35,45-52,54,56-62H,3-20,23-25,29,31-32,34,36-44H2,1-2H3,(H,55,63)/b22-21+,27-26+,30-28-,35-33+. The average Bonchev–Trinajstić information content (AvgIpc) is 3.31. The van der Waals surface area contributed by atoms with E-state index in [0.29, 0.717) is 19.3 Å². The highest BCUT2D eigenvalue weighted by Gasteiger charge is 2.44. The van der Waals surface area contributed by atoms with Crippen LogP contribution < -0.4 is 5.32 Å². The zero-order chi connectivity index (χ0) is 47.6. The topological polar surface area (TPSA) is 189 Å². The number of amides is 1. The van der Waals surface area contributed by atoms with Gasteiger partial charge in [0.2, 0.25) is 5.91 Å². The van der Waals surface area contributed by atoms with Gasteiger partial charge in [-0.3, -0.25) is 4.79 Å². The van der Waals surface area contributed by atoms with Crippen molar-refractivity contribution < 1.29 is 50.0 Å². The first kappa shape index (κ1) is 61.1. The van der Waals surface area contributed by atoms with Crippen molar-refractivity contribution in [3.05, 3.63) is 48.6 Å². The van der Waals surface area contributed by atoms with Gasteiger partial charge in [-0.25, -0.2) is 0 Å². The molecule has 0 aromatic rings. The first-order valence-electron chi connectivity index (χ1n) is 26.5. The number of rotatable bonds is 44. The maximum absolute atomic E-state index is 13.1. The largest absolute Gasteiger partial charge is 0.394 e. The molecule has 9 unspecified atom stereocenters. The van der Waals surface area contributed by atoms with Crippen molar-refractivity contribution >= 4 is 5.91 Å². The summed E-state index contributed by atoms with van der Waals surface area (Å²) in [5.41, 5.74) is 0. The summed E-state index contributed by atoms with van der Waals surface area (Å²) in [6.07, 6.45) is 41.6. The van der Waals surface area contributed by atoms with Gasteiger partial charge in [-0.1, -0.05) is 178 Å². The highest BCUT2D eigenvalue weighted by atomic mass is 16.7. The normalized spacial score (nSPS) is 21.3. The molecule has 1 aliphatic heterocycles. The zero-order valence-electron chi connectivity index (χ0n) is 41.2. The van der Waals surface area contributed by atoms with E-state index >= 15 is 0 Å². The van der Waals surface area contributed by atoms with E-state index in [-0.39, 0.29) is 12.8 Å². The average molecular weight is 922 g/mol. The fraction of sp³-hybridized carbons (Fsp3) is 0.833. The van der Waals surface area contributed by atoms with Crippen LogP contribution in [-0.2, 0) is 14.3 Å². The minimum atomic E-state index is -1.68. The van der Waals surface area contributed by atoms with Crippen LogP contribution in [0, 0.1) is 0 Å². The van der Waals surface area contributed by atoms with Gasteiger partial charge in [0.05, 0.1) is 25.4 Å². The molecule has 0 aromatic carbocycles. The molecule has 1 saturated heterocycles. The Labute approximate surface area is 396 Å². The van der Waals surface area contributed by atoms with Crippen LogP contribution in [0.3, 0.4) is 0 Å². The van der Waals surface area contributed by atoms with E-state index in [1.165, 1.54) is 116 Å². The molecule has 0 saturated carbocycles. The molecule has 9 atom stereocenters. The Bertz CT molecular complexity index is 1190. The van der Waals surface area contributed by atoms with Crippen LogP contribution in [-0.4, -0.2) is 110 Å². The van der Waals surface area contributed by atoms with Gasteiger partial charge >= 0.3 is 0 Å². The van der Waals surface area contributed by atoms with Crippen LogP contribution in [0.25, 0.3) is 0 Å². The van der Waals surface area contributed by atoms with Crippen LogP contribution in [0.4, 0.5) is 0 Å². The Morgan fingerprint density at radius 1 is 0.523 bits per heavy atom. The lowest BCUT2D eigenvalue weighted by Gasteiger charge is -2.40. The first-order valence-corrected chi connectivity index (χ1v) is 26.5. The van der Waals surface area contributed by atoms with Crippen molar-refractivity contribution in [3.63, 3.8) is 0 Å². The predicted octanol–water partition coefficient (Wildman–Crippen LogP) is 10.1. The van der Waals surface area contributed by atoms with Gasteiger partial charge < -0.3 is 50.5 Å². The van der Waals surface area contributed by atoms with Crippen molar-refractivity contribution in [2.45, 2.75) is 274 Å². The molecule has 0 bridgehead atoms. The number of hydrogen-bond donors (Lipinski definition) is 8. The van der Waals surface area contributed by atoms with Gasteiger partial charge in [-0.15, -0.1) is 0 Å². The Hall–Kier alpha value is -1.93. The molecule has 1 aliphatic rings. The van der Waals surface area contributed by atoms with Crippen molar-refractivity contribution in [1.29, 1.82) is 0 Å². The van der Waals surface area contributed by atoms with E-state index in [9.17, 15) is 40.5 Å². The highest BCUT2D eigenvalue weighted by molar-refractivity contribution is 5.80. The molecule has 0 aliphatic carbocycles. The van der Waals surface area contributed by atoms with Gasteiger partial charge in [0.1, 0.15) is 36.6 Å². The molecule has 8 N–H and O–H groups in total. The van der Waals surface area contributed by atoms with Crippen molar-refractivity contribution in [2.24, 2.45) is 0 Å². The molecule has 11 heteroatoms. The molecule has 1 rings (SSSR count). The van der Waals surface area contributed by atoms with Crippen molar-refractivity contribution in [2.75, 3.05) is 13.2 Å². The highest BCUT2D eigenvalue weighted by Crippen LogP contribution is 2.23. The van der Waals surface area contributed by atoms with E-state index in [1.807, 2.05) is 0 Å². The third-order valence-corrected chi connectivity index (χ3v) is 12.6. The number of aliphatic hydroxyl groups excluding tert-OH is 7. The number of carbonyl (C=O) groups is 1. The summed E-state index contributed by atoms with van der Waals surface area (Å²) in [7, 11) is 0. The summed E-state index contributed by atoms with van der Waals surface area (Å²) in [6, 6.07) is -1.20. The number of unbranched alkanes of at least 4 members (excludes halogenated alkanes) is 24. The van der Waals surface area contributed by atoms with E-state index in [1.54, 1.807) is 0 Å². The molecule has 1 amide bonds. The van der Waals surface area contributed by atoms with Gasteiger partial charge in [-0.2, -0.15) is 0 Å². The van der Waals surface area contributed by atoms with Gasteiger partial charge in [-0.05, 0) is 89.9 Å². The van der Waals surface area contributed by atoms with Crippen LogP contribution >= 0.6 is 0 Å². The number of ether oxygens (including phenoxy) is 2. The second-order valence-electron chi connectivity index (χ2n) is 18.6. The molecule has 0 radical (unpaired) electrons. The van der Waals surface area contributed by atoms with E-state index in [4.69, 9.17) is 9.47 Å². The Morgan fingerprint density at radius 2 is 0.923 bits per heavy atom. The summed E-state index contributed by atoms with van der Waals surface area (Å²) in [5.74, 6) is -0.722. The molecule has 0 spiro atoms. The lowest BCUT2D eigenvalue weighted by atomic mass is 9.98. The Kier molecular flexibility index (Phi) is 40.7.